The Bertz CT molecular complexity index is 204. The molecule has 0 aromatic carbocycles. The van der Waals surface area contributed by atoms with Gasteiger partial charge in [0.15, 0.2) is 0 Å². The van der Waals surface area contributed by atoms with Crippen LogP contribution in [0.2, 0.25) is 0 Å². The third-order valence-corrected chi connectivity index (χ3v) is 3.28. The molecule has 2 atom stereocenters. The topological polar surface area (TPSA) is 50.7 Å². The van der Waals surface area contributed by atoms with Crippen molar-refractivity contribution in [2.45, 2.75) is 59.6 Å². The first-order valence-corrected chi connectivity index (χ1v) is 7.44. The maximum absolute atomic E-state index is 9.78. The second-order valence-electron chi connectivity index (χ2n) is 6.19. The van der Waals surface area contributed by atoms with Crippen LogP contribution in [0.3, 0.4) is 0 Å². The molecule has 4 nitrogen and oxygen atoms in total. The van der Waals surface area contributed by atoms with Crippen LogP contribution in [0.4, 0.5) is 0 Å². The molecule has 0 bridgehead atoms. The van der Waals surface area contributed by atoms with Gasteiger partial charge < -0.3 is 19.9 Å². The number of rotatable bonds is 11. The molecular formula is C15H33NO3. The smallest absolute Gasteiger partial charge is 0.0897 e. The van der Waals surface area contributed by atoms with Gasteiger partial charge in [0.1, 0.15) is 0 Å². The maximum atomic E-state index is 9.78. The highest BCUT2D eigenvalue weighted by atomic mass is 16.5. The molecule has 0 radical (unpaired) electrons. The summed E-state index contributed by atoms with van der Waals surface area (Å²) in [6.45, 7) is 13.7. The summed E-state index contributed by atoms with van der Waals surface area (Å²) in [5.74, 6) is 0. The van der Waals surface area contributed by atoms with Crippen LogP contribution in [0, 0.1) is 5.41 Å². The highest BCUT2D eigenvalue weighted by Crippen LogP contribution is 2.18. The summed E-state index contributed by atoms with van der Waals surface area (Å²) in [5, 5.41) is 13.1. The Morgan fingerprint density at radius 2 is 1.74 bits per heavy atom. The van der Waals surface area contributed by atoms with Gasteiger partial charge in [-0.3, -0.25) is 0 Å². The van der Waals surface area contributed by atoms with Crippen LogP contribution in [0.15, 0.2) is 0 Å². The number of hydrogen-bond donors (Lipinski definition) is 2. The van der Waals surface area contributed by atoms with E-state index in [9.17, 15) is 5.11 Å². The summed E-state index contributed by atoms with van der Waals surface area (Å²) in [6.07, 6.45) is 1.79. The van der Waals surface area contributed by atoms with Crippen LogP contribution in [0.1, 0.15) is 47.5 Å². The minimum absolute atomic E-state index is 0.202. The molecule has 2 unspecified atom stereocenters. The van der Waals surface area contributed by atoms with Crippen molar-refractivity contribution in [3.63, 3.8) is 0 Å². The number of aliphatic hydroxyl groups is 1. The first-order valence-electron chi connectivity index (χ1n) is 7.44. The van der Waals surface area contributed by atoms with Gasteiger partial charge in [0.25, 0.3) is 0 Å². The Balaban J connectivity index is 3.42. The summed E-state index contributed by atoms with van der Waals surface area (Å²) in [5.41, 5.74) is 0.202. The first-order chi connectivity index (χ1) is 8.88. The lowest BCUT2D eigenvalue weighted by atomic mass is 9.88. The highest BCUT2D eigenvalue weighted by molar-refractivity contribution is 4.77. The van der Waals surface area contributed by atoms with Crippen LogP contribution in [-0.2, 0) is 9.47 Å². The molecule has 2 N–H and O–H groups in total. The average Bonchev–Trinajstić information content (AvgIpc) is 2.33. The molecule has 0 heterocycles. The monoisotopic (exact) mass is 275 g/mol. The van der Waals surface area contributed by atoms with E-state index in [-0.39, 0.29) is 5.41 Å². The van der Waals surface area contributed by atoms with Crippen LogP contribution in [0.25, 0.3) is 0 Å². The minimum atomic E-state index is -0.458. The second-order valence-corrected chi connectivity index (χ2v) is 6.19. The largest absolute Gasteiger partial charge is 0.389 e. The zero-order valence-electron chi connectivity index (χ0n) is 13.4. The van der Waals surface area contributed by atoms with Crippen LogP contribution in [0.5, 0.6) is 0 Å². The van der Waals surface area contributed by atoms with Crippen molar-refractivity contribution in [1.82, 2.24) is 5.32 Å². The molecule has 0 spiro atoms. The van der Waals surface area contributed by atoms with E-state index in [2.05, 4.69) is 39.9 Å². The normalized spacial score (nSPS) is 15.5. The molecule has 0 amide bonds. The molecule has 0 rings (SSSR count). The molecule has 4 heteroatoms. The Labute approximate surface area is 118 Å². The van der Waals surface area contributed by atoms with Crippen LogP contribution >= 0.6 is 0 Å². The molecule has 0 saturated carbocycles. The number of hydrogen-bond acceptors (Lipinski definition) is 4. The van der Waals surface area contributed by atoms with E-state index in [1.165, 1.54) is 0 Å². The summed E-state index contributed by atoms with van der Waals surface area (Å²) >= 11 is 0. The van der Waals surface area contributed by atoms with Crippen molar-refractivity contribution < 1.29 is 14.6 Å². The predicted molar refractivity (Wildman–Crippen MR) is 79.5 cm³/mol. The molecule has 19 heavy (non-hydrogen) atoms. The standard InChI is InChI=1S/C15H33NO3/c1-6-7-8-18-9-10-19-12-14(17)11-16-13(2)15(3,4)5/h13-14,16-17H,6-12H2,1-5H3. The minimum Gasteiger partial charge on any atom is -0.389 e. The fourth-order valence-corrected chi connectivity index (χ4v) is 1.36. The van der Waals surface area contributed by atoms with E-state index in [0.717, 1.165) is 19.4 Å². The Morgan fingerprint density at radius 1 is 1.11 bits per heavy atom. The Hall–Kier alpha value is -0.160. The van der Waals surface area contributed by atoms with Gasteiger partial charge in [-0.1, -0.05) is 34.1 Å². The van der Waals surface area contributed by atoms with E-state index in [0.29, 0.717) is 32.4 Å². The summed E-state index contributed by atoms with van der Waals surface area (Å²) in [6, 6.07) is 0.361. The lowest BCUT2D eigenvalue weighted by Crippen LogP contribution is -2.42. The van der Waals surface area contributed by atoms with Crippen LogP contribution in [-0.4, -0.2) is 50.2 Å². The molecule has 0 saturated heterocycles. The van der Waals surface area contributed by atoms with Gasteiger partial charge in [-0.25, -0.2) is 0 Å². The second kappa shape index (κ2) is 10.6. The van der Waals surface area contributed by atoms with Gasteiger partial charge in [0.05, 0.1) is 25.9 Å². The van der Waals surface area contributed by atoms with Crippen molar-refractivity contribution in [3.8, 4) is 0 Å². The molecule has 0 aliphatic carbocycles. The Morgan fingerprint density at radius 3 is 2.32 bits per heavy atom. The SMILES string of the molecule is CCCCOCCOCC(O)CNC(C)C(C)(C)C. The van der Waals surface area contributed by atoms with Gasteiger partial charge in [0, 0.05) is 19.2 Å². The summed E-state index contributed by atoms with van der Waals surface area (Å²) < 4.78 is 10.8. The van der Waals surface area contributed by atoms with Gasteiger partial charge >= 0.3 is 0 Å². The van der Waals surface area contributed by atoms with E-state index in [1.54, 1.807) is 0 Å². The first kappa shape index (κ1) is 18.8. The van der Waals surface area contributed by atoms with Crippen molar-refractivity contribution in [2.75, 3.05) is 33.0 Å². The average molecular weight is 275 g/mol. The fourth-order valence-electron chi connectivity index (χ4n) is 1.36. The zero-order valence-corrected chi connectivity index (χ0v) is 13.4. The fraction of sp³-hybridized carbons (Fsp3) is 1.00. The molecular weight excluding hydrogens is 242 g/mol. The van der Waals surface area contributed by atoms with E-state index >= 15 is 0 Å². The van der Waals surface area contributed by atoms with Gasteiger partial charge in [-0.15, -0.1) is 0 Å². The quantitative estimate of drug-likeness (QED) is 0.568. The number of aliphatic hydroxyl groups excluding tert-OH is 1. The molecule has 0 fully saturated rings. The van der Waals surface area contributed by atoms with E-state index in [1.807, 2.05) is 0 Å². The Kier molecular flexibility index (Phi) is 10.5. The third-order valence-electron chi connectivity index (χ3n) is 3.28. The van der Waals surface area contributed by atoms with Crippen molar-refractivity contribution in [3.05, 3.63) is 0 Å². The van der Waals surface area contributed by atoms with Crippen molar-refractivity contribution in [2.24, 2.45) is 5.41 Å². The van der Waals surface area contributed by atoms with Gasteiger partial charge in [0.2, 0.25) is 0 Å². The third kappa shape index (κ3) is 11.4. The summed E-state index contributed by atoms with van der Waals surface area (Å²) in [7, 11) is 0. The lowest BCUT2D eigenvalue weighted by Gasteiger charge is -2.29. The number of unbranched alkanes of at least 4 members (excludes halogenated alkanes) is 1. The van der Waals surface area contributed by atoms with Gasteiger partial charge in [-0.05, 0) is 18.8 Å². The van der Waals surface area contributed by atoms with Crippen LogP contribution < -0.4 is 5.32 Å². The molecule has 0 aliphatic heterocycles. The zero-order chi connectivity index (χ0) is 14.7. The predicted octanol–water partition coefficient (Wildman–Crippen LogP) is 2.20. The highest BCUT2D eigenvalue weighted by Gasteiger charge is 2.20. The molecule has 116 valence electrons. The number of nitrogens with one attached hydrogen (secondary N) is 1. The summed E-state index contributed by atoms with van der Waals surface area (Å²) in [4.78, 5) is 0. The van der Waals surface area contributed by atoms with E-state index in [4.69, 9.17) is 9.47 Å². The van der Waals surface area contributed by atoms with Crippen molar-refractivity contribution in [1.29, 1.82) is 0 Å². The molecule has 0 aromatic rings. The van der Waals surface area contributed by atoms with Gasteiger partial charge in [-0.2, -0.15) is 0 Å². The maximum Gasteiger partial charge on any atom is 0.0897 e. The lowest BCUT2D eigenvalue weighted by molar-refractivity contribution is 0.00235. The molecule has 0 aromatic heterocycles. The molecule has 0 aliphatic rings. The number of ether oxygens (including phenoxy) is 2. The van der Waals surface area contributed by atoms with E-state index < -0.39 is 6.10 Å². The van der Waals surface area contributed by atoms with Crippen molar-refractivity contribution >= 4 is 0 Å².